The summed E-state index contributed by atoms with van der Waals surface area (Å²) in [5.41, 5.74) is 3.24. The number of carbonyl (C=O) groups excluding carboxylic acids is 1. The summed E-state index contributed by atoms with van der Waals surface area (Å²) >= 11 is 2.22. The molecule has 1 N–H and O–H groups in total. The highest BCUT2D eigenvalue weighted by Gasteiger charge is 2.06. The van der Waals surface area contributed by atoms with Gasteiger partial charge in [0.05, 0.1) is 0 Å². The molecule has 122 valence electrons. The fourth-order valence-corrected chi connectivity index (χ4v) is 2.97. The number of hydrogen-bond acceptors (Lipinski definition) is 2. The normalized spacial score (nSPS) is 10.4. The number of hydrogen-bond donors (Lipinski definition) is 1. The summed E-state index contributed by atoms with van der Waals surface area (Å²) in [7, 11) is 0. The van der Waals surface area contributed by atoms with Gasteiger partial charge < -0.3 is 10.2 Å². The molecule has 2 aromatic carbocycles. The van der Waals surface area contributed by atoms with Gasteiger partial charge in [0.15, 0.2) is 0 Å². The topological polar surface area (TPSA) is 32.3 Å². The first-order chi connectivity index (χ1) is 11.1. The third-order valence-electron chi connectivity index (χ3n) is 3.76. The molecular weight excluding hydrogens is 399 g/mol. The molecule has 0 aliphatic heterocycles. The minimum atomic E-state index is 0.00176. The van der Waals surface area contributed by atoms with Crippen molar-refractivity contribution in [3.8, 4) is 0 Å². The summed E-state index contributed by atoms with van der Waals surface area (Å²) in [4.78, 5) is 14.4. The van der Waals surface area contributed by atoms with E-state index in [9.17, 15) is 4.79 Å². The molecule has 0 spiro atoms. The molecule has 0 bridgehead atoms. The van der Waals surface area contributed by atoms with Crippen LogP contribution in [0.4, 0.5) is 5.69 Å². The Labute approximate surface area is 152 Å². The third kappa shape index (κ3) is 5.53. The molecular formula is C19H23IN2O. The van der Waals surface area contributed by atoms with Gasteiger partial charge in [-0.15, -0.1) is 0 Å². The van der Waals surface area contributed by atoms with Crippen LogP contribution in [0.15, 0.2) is 48.5 Å². The van der Waals surface area contributed by atoms with Gasteiger partial charge in [-0.1, -0.05) is 23.8 Å². The molecule has 1 amide bonds. The highest BCUT2D eigenvalue weighted by Crippen LogP contribution is 2.15. The monoisotopic (exact) mass is 422 g/mol. The van der Waals surface area contributed by atoms with Crippen molar-refractivity contribution in [2.24, 2.45) is 0 Å². The van der Waals surface area contributed by atoms with E-state index in [1.54, 1.807) is 0 Å². The predicted octanol–water partition coefficient (Wildman–Crippen LogP) is 4.25. The smallest absolute Gasteiger partial charge is 0.251 e. The molecule has 0 aliphatic rings. The molecule has 4 heteroatoms. The number of nitrogens with one attached hydrogen (secondary N) is 1. The SMILES string of the molecule is CCN(CCCNC(=O)c1cccc(I)c1)c1ccc(C)cc1. The van der Waals surface area contributed by atoms with Crippen LogP contribution in [0.1, 0.15) is 29.3 Å². The average Bonchev–Trinajstić information content (AvgIpc) is 2.56. The van der Waals surface area contributed by atoms with Gasteiger partial charge in [0.1, 0.15) is 0 Å². The van der Waals surface area contributed by atoms with Crippen LogP contribution in [0.2, 0.25) is 0 Å². The van der Waals surface area contributed by atoms with Gasteiger partial charge >= 0.3 is 0 Å². The Hall–Kier alpha value is -1.56. The first-order valence-corrected chi connectivity index (χ1v) is 9.03. The van der Waals surface area contributed by atoms with Crippen LogP contribution >= 0.6 is 22.6 Å². The van der Waals surface area contributed by atoms with Crippen LogP contribution in [-0.2, 0) is 0 Å². The van der Waals surface area contributed by atoms with Gasteiger partial charge in [0, 0.05) is 34.5 Å². The Bertz CT molecular complexity index is 640. The molecule has 3 nitrogen and oxygen atoms in total. The highest BCUT2D eigenvalue weighted by atomic mass is 127. The molecule has 0 radical (unpaired) electrons. The zero-order valence-electron chi connectivity index (χ0n) is 13.7. The van der Waals surface area contributed by atoms with Crippen molar-refractivity contribution in [3.63, 3.8) is 0 Å². The van der Waals surface area contributed by atoms with Crippen molar-refractivity contribution in [1.82, 2.24) is 5.32 Å². The maximum Gasteiger partial charge on any atom is 0.251 e. The summed E-state index contributed by atoms with van der Waals surface area (Å²) in [6, 6.07) is 16.2. The van der Waals surface area contributed by atoms with E-state index < -0.39 is 0 Å². The minimum absolute atomic E-state index is 0.00176. The molecule has 0 saturated heterocycles. The van der Waals surface area contributed by atoms with Gasteiger partial charge in [0.25, 0.3) is 5.91 Å². The average molecular weight is 422 g/mol. The molecule has 0 aromatic heterocycles. The second-order valence-electron chi connectivity index (χ2n) is 5.54. The van der Waals surface area contributed by atoms with E-state index in [4.69, 9.17) is 0 Å². The van der Waals surface area contributed by atoms with Crippen molar-refractivity contribution in [3.05, 3.63) is 63.2 Å². The van der Waals surface area contributed by atoms with Gasteiger partial charge in [-0.05, 0) is 73.2 Å². The van der Waals surface area contributed by atoms with E-state index in [2.05, 4.69) is 70.9 Å². The van der Waals surface area contributed by atoms with Crippen molar-refractivity contribution in [2.75, 3.05) is 24.5 Å². The maximum absolute atomic E-state index is 12.1. The molecule has 0 heterocycles. The van der Waals surface area contributed by atoms with Crippen LogP contribution in [-0.4, -0.2) is 25.5 Å². The lowest BCUT2D eigenvalue weighted by Crippen LogP contribution is -2.30. The molecule has 0 atom stereocenters. The lowest BCUT2D eigenvalue weighted by Gasteiger charge is -2.23. The van der Waals surface area contributed by atoms with Crippen LogP contribution in [0.25, 0.3) is 0 Å². The summed E-state index contributed by atoms with van der Waals surface area (Å²) in [6.07, 6.45) is 0.928. The van der Waals surface area contributed by atoms with E-state index in [0.29, 0.717) is 6.54 Å². The lowest BCUT2D eigenvalue weighted by molar-refractivity contribution is 0.0953. The van der Waals surface area contributed by atoms with Gasteiger partial charge in [-0.25, -0.2) is 0 Å². The third-order valence-corrected chi connectivity index (χ3v) is 4.43. The Balaban J connectivity index is 1.79. The summed E-state index contributed by atoms with van der Waals surface area (Å²) in [5, 5.41) is 3.00. The predicted molar refractivity (Wildman–Crippen MR) is 105 cm³/mol. The number of halogens is 1. The fourth-order valence-electron chi connectivity index (χ4n) is 2.43. The van der Waals surface area contributed by atoms with Crippen molar-refractivity contribution < 1.29 is 4.79 Å². The number of aryl methyl sites for hydroxylation is 1. The number of nitrogens with zero attached hydrogens (tertiary/aromatic N) is 1. The van der Waals surface area contributed by atoms with Crippen LogP contribution < -0.4 is 10.2 Å². The lowest BCUT2D eigenvalue weighted by atomic mass is 10.2. The molecule has 0 fully saturated rings. The Morgan fingerprint density at radius 1 is 1.17 bits per heavy atom. The molecule has 0 unspecified atom stereocenters. The van der Waals surface area contributed by atoms with Crippen molar-refractivity contribution in [2.45, 2.75) is 20.3 Å². The highest BCUT2D eigenvalue weighted by molar-refractivity contribution is 14.1. The Kier molecular flexibility index (Phi) is 6.89. The molecule has 2 aromatic rings. The fraction of sp³-hybridized carbons (Fsp3) is 0.316. The number of amides is 1. The molecule has 0 saturated carbocycles. The second kappa shape index (κ2) is 8.91. The second-order valence-corrected chi connectivity index (χ2v) is 6.78. The van der Waals surface area contributed by atoms with Crippen LogP contribution in [0.3, 0.4) is 0 Å². The Morgan fingerprint density at radius 2 is 1.91 bits per heavy atom. The van der Waals surface area contributed by atoms with Crippen LogP contribution in [0.5, 0.6) is 0 Å². The quantitative estimate of drug-likeness (QED) is 0.535. The number of carbonyl (C=O) groups is 1. The molecule has 0 aliphatic carbocycles. The standard InChI is InChI=1S/C19H23IN2O/c1-3-22(18-10-8-15(2)9-11-18)13-5-12-21-19(23)16-6-4-7-17(20)14-16/h4,6-11,14H,3,5,12-13H2,1-2H3,(H,21,23). The van der Waals surface area contributed by atoms with Gasteiger partial charge in [-0.2, -0.15) is 0 Å². The van der Waals surface area contributed by atoms with Gasteiger partial charge in [-0.3, -0.25) is 4.79 Å². The zero-order chi connectivity index (χ0) is 16.7. The van der Waals surface area contributed by atoms with E-state index in [1.165, 1.54) is 11.3 Å². The Morgan fingerprint density at radius 3 is 2.57 bits per heavy atom. The summed E-state index contributed by atoms with van der Waals surface area (Å²) in [6.45, 7) is 6.84. The summed E-state index contributed by atoms with van der Waals surface area (Å²) in [5.74, 6) is 0.00176. The zero-order valence-corrected chi connectivity index (χ0v) is 15.8. The van der Waals surface area contributed by atoms with E-state index in [0.717, 1.165) is 28.6 Å². The van der Waals surface area contributed by atoms with E-state index in [-0.39, 0.29) is 5.91 Å². The first-order valence-electron chi connectivity index (χ1n) is 7.95. The number of anilines is 1. The van der Waals surface area contributed by atoms with Crippen molar-refractivity contribution >= 4 is 34.2 Å². The van der Waals surface area contributed by atoms with Gasteiger partial charge in [0.2, 0.25) is 0 Å². The molecule has 23 heavy (non-hydrogen) atoms. The summed E-state index contributed by atoms with van der Waals surface area (Å²) < 4.78 is 1.08. The van der Waals surface area contributed by atoms with Crippen LogP contribution in [0, 0.1) is 10.5 Å². The maximum atomic E-state index is 12.1. The van der Waals surface area contributed by atoms with E-state index >= 15 is 0 Å². The molecule has 2 rings (SSSR count). The minimum Gasteiger partial charge on any atom is -0.372 e. The van der Waals surface area contributed by atoms with Crippen molar-refractivity contribution in [1.29, 1.82) is 0 Å². The number of rotatable bonds is 7. The first kappa shape index (κ1) is 17.8. The largest absolute Gasteiger partial charge is 0.372 e. The van der Waals surface area contributed by atoms with E-state index in [1.807, 2.05) is 24.3 Å². The number of benzene rings is 2.